The Morgan fingerprint density at radius 3 is 2.24 bits per heavy atom. The maximum absolute atomic E-state index is 10.6. The van der Waals surface area contributed by atoms with Crippen molar-refractivity contribution in [3.8, 4) is 0 Å². The van der Waals surface area contributed by atoms with Gasteiger partial charge in [0, 0.05) is 10.7 Å². The molecular formula is C11H21ClO4S. The van der Waals surface area contributed by atoms with Crippen molar-refractivity contribution in [1.29, 1.82) is 0 Å². The highest BCUT2D eigenvalue weighted by Crippen LogP contribution is 2.19. The largest absolute Gasteiger partial charge is 0.378 e. The van der Waals surface area contributed by atoms with Crippen LogP contribution in [-0.4, -0.2) is 40.1 Å². The van der Waals surface area contributed by atoms with E-state index in [2.05, 4.69) is 0 Å². The van der Waals surface area contributed by atoms with Crippen LogP contribution in [0.1, 0.15) is 38.5 Å². The van der Waals surface area contributed by atoms with Crippen molar-refractivity contribution in [2.75, 3.05) is 25.6 Å². The molecule has 1 rings (SSSR count). The van der Waals surface area contributed by atoms with Crippen molar-refractivity contribution in [3.05, 3.63) is 0 Å². The third-order valence-corrected chi connectivity index (χ3v) is 3.97. The van der Waals surface area contributed by atoms with E-state index in [0.29, 0.717) is 19.3 Å². The number of halogens is 1. The Morgan fingerprint density at radius 1 is 1.00 bits per heavy atom. The molecule has 0 atom stereocenters. The highest BCUT2D eigenvalue weighted by atomic mass is 35.7. The molecule has 0 aromatic carbocycles. The summed E-state index contributed by atoms with van der Waals surface area (Å²) in [7, 11) is 1.62. The molecule has 1 fully saturated rings. The van der Waals surface area contributed by atoms with Gasteiger partial charge in [0.2, 0.25) is 9.05 Å². The molecule has 1 aliphatic rings. The van der Waals surface area contributed by atoms with Gasteiger partial charge in [-0.15, -0.1) is 0 Å². The second kappa shape index (κ2) is 8.29. The Hall–Kier alpha value is 0.160. The highest BCUT2D eigenvalue weighted by Gasteiger charge is 2.12. The first-order valence-corrected chi connectivity index (χ1v) is 8.67. The molecule has 6 heteroatoms. The van der Waals surface area contributed by atoms with Crippen LogP contribution >= 0.6 is 10.7 Å². The molecule has 0 heterocycles. The summed E-state index contributed by atoms with van der Waals surface area (Å²) in [5.41, 5.74) is 0. The minimum absolute atomic E-state index is 0.139. The van der Waals surface area contributed by atoms with E-state index in [4.69, 9.17) is 20.2 Å². The van der Waals surface area contributed by atoms with Crippen molar-refractivity contribution >= 4 is 19.7 Å². The molecule has 0 aromatic heterocycles. The van der Waals surface area contributed by atoms with Gasteiger partial charge in [0.05, 0.1) is 31.7 Å². The van der Waals surface area contributed by atoms with Gasteiger partial charge in [-0.1, -0.05) is 25.7 Å². The molecule has 0 unspecified atom stereocenters. The van der Waals surface area contributed by atoms with Gasteiger partial charge in [0.1, 0.15) is 0 Å². The van der Waals surface area contributed by atoms with Gasteiger partial charge in [-0.05, 0) is 12.8 Å². The molecule has 1 saturated carbocycles. The molecule has 0 radical (unpaired) electrons. The van der Waals surface area contributed by atoms with Gasteiger partial charge >= 0.3 is 0 Å². The maximum Gasteiger partial charge on any atom is 0.234 e. The first kappa shape index (κ1) is 15.2. The summed E-state index contributed by atoms with van der Waals surface area (Å²) in [5, 5.41) is 0. The van der Waals surface area contributed by atoms with Gasteiger partial charge < -0.3 is 9.47 Å². The van der Waals surface area contributed by atoms with E-state index in [-0.39, 0.29) is 12.4 Å². The van der Waals surface area contributed by atoms with Gasteiger partial charge in [-0.3, -0.25) is 0 Å². The lowest BCUT2D eigenvalue weighted by Crippen LogP contribution is -2.16. The van der Waals surface area contributed by atoms with Crippen LogP contribution in [0.4, 0.5) is 0 Å². The quantitative estimate of drug-likeness (QED) is 0.409. The Morgan fingerprint density at radius 2 is 1.65 bits per heavy atom. The number of rotatable bonds is 7. The molecule has 17 heavy (non-hydrogen) atoms. The third kappa shape index (κ3) is 8.83. The summed E-state index contributed by atoms with van der Waals surface area (Å²) in [4.78, 5) is 0. The van der Waals surface area contributed by atoms with Crippen LogP contribution in [0.3, 0.4) is 0 Å². The smallest absolute Gasteiger partial charge is 0.234 e. The summed E-state index contributed by atoms with van der Waals surface area (Å²) in [6, 6.07) is 0. The lowest BCUT2D eigenvalue weighted by atomic mass is 10.1. The standard InChI is InChI=1S/C11H21ClO4S/c12-17(13,14)10-9-15-7-8-16-11-5-3-1-2-4-6-11/h11H,1-10H2. The second-order valence-corrected chi connectivity index (χ2v) is 7.24. The van der Waals surface area contributed by atoms with Gasteiger partial charge in [0.15, 0.2) is 0 Å². The predicted molar refractivity (Wildman–Crippen MR) is 67.9 cm³/mol. The number of ether oxygens (including phenoxy) is 2. The van der Waals surface area contributed by atoms with Crippen LogP contribution in [0.5, 0.6) is 0 Å². The maximum atomic E-state index is 10.6. The van der Waals surface area contributed by atoms with E-state index < -0.39 is 9.05 Å². The number of hydrogen-bond donors (Lipinski definition) is 0. The average Bonchev–Trinajstić information content (AvgIpc) is 2.50. The van der Waals surface area contributed by atoms with Crippen molar-refractivity contribution in [2.24, 2.45) is 0 Å². The van der Waals surface area contributed by atoms with Crippen molar-refractivity contribution in [3.63, 3.8) is 0 Å². The normalized spacial score (nSPS) is 19.1. The van der Waals surface area contributed by atoms with Crippen LogP contribution < -0.4 is 0 Å². The fourth-order valence-corrected chi connectivity index (χ4v) is 2.45. The van der Waals surface area contributed by atoms with Gasteiger partial charge in [-0.2, -0.15) is 0 Å². The molecule has 0 aliphatic heterocycles. The SMILES string of the molecule is O=S(=O)(Cl)CCOCCOC1CCCCCC1. The molecule has 0 N–H and O–H groups in total. The van der Waals surface area contributed by atoms with Crippen molar-refractivity contribution in [2.45, 2.75) is 44.6 Å². The van der Waals surface area contributed by atoms with Crippen LogP contribution in [0.2, 0.25) is 0 Å². The zero-order valence-corrected chi connectivity index (χ0v) is 11.6. The summed E-state index contributed by atoms with van der Waals surface area (Å²) >= 11 is 0. The fraction of sp³-hybridized carbons (Fsp3) is 1.00. The Kier molecular flexibility index (Phi) is 7.43. The predicted octanol–water partition coefficient (Wildman–Crippen LogP) is 2.31. The molecular weight excluding hydrogens is 264 g/mol. The molecule has 0 amide bonds. The van der Waals surface area contributed by atoms with Crippen LogP contribution in [0.25, 0.3) is 0 Å². The molecule has 4 nitrogen and oxygen atoms in total. The summed E-state index contributed by atoms with van der Waals surface area (Å²) in [6.07, 6.45) is 7.74. The average molecular weight is 285 g/mol. The monoisotopic (exact) mass is 284 g/mol. The highest BCUT2D eigenvalue weighted by molar-refractivity contribution is 8.13. The fourth-order valence-electron chi connectivity index (χ4n) is 1.94. The van der Waals surface area contributed by atoms with E-state index in [1.165, 1.54) is 25.7 Å². The topological polar surface area (TPSA) is 52.6 Å². The summed E-state index contributed by atoms with van der Waals surface area (Å²) in [6.45, 7) is 1.11. The molecule has 0 bridgehead atoms. The molecule has 0 saturated heterocycles. The van der Waals surface area contributed by atoms with Crippen LogP contribution in [-0.2, 0) is 18.5 Å². The van der Waals surface area contributed by atoms with Gasteiger partial charge in [0.25, 0.3) is 0 Å². The first-order chi connectivity index (χ1) is 8.08. The lowest BCUT2D eigenvalue weighted by molar-refractivity contribution is 0.00181. The molecule has 102 valence electrons. The summed E-state index contributed by atoms with van der Waals surface area (Å²) < 4.78 is 32.0. The van der Waals surface area contributed by atoms with Crippen molar-refractivity contribution < 1.29 is 17.9 Å². The lowest BCUT2D eigenvalue weighted by Gasteiger charge is -2.15. The molecule has 0 spiro atoms. The minimum atomic E-state index is -3.43. The van der Waals surface area contributed by atoms with E-state index in [0.717, 1.165) is 12.8 Å². The Bertz CT molecular complexity index is 284. The first-order valence-electron chi connectivity index (χ1n) is 6.19. The van der Waals surface area contributed by atoms with E-state index in [1.807, 2.05) is 0 Å². The van der Waals surface area contributed by atoms with Crippen LogP contribution in [0.15, 0.2) is 0 Å². The second-order valence-electron chi connectivity index (χ2n) is 4.34. The van der Waals surface area contributed by atoms with E-state index >= 15 is 0 Å². The van der Waals surface area contributed by atoms with E-state index in [9.17, 15) is 8.42 Å². The minimum Gasteiger partial charge on any atom is -0.378 e. The summed E-state index contributed by atoms with van der Waals surface area (Å²) in [5.74, 6) is -0.141. The Labute approximate surface area is 108 Å². The Balaban J connectivity index is 1.96. The van der Waals surface area contributed by atoms with Gasteiger partial charge in [-0.25, -0.2) is 8.42 Å². The van der Waals surface area contributed by atoms with Crippen LogP contribution in [0, 0.1) is 0 Å². The van der Waals surface area contributed by atoms with E-state index in [1.54, 1.807) is 0 Å². The number of hydrogen-bond acceptors (Lipinski definition) is 4. The zero-order chi connectivity index (χ0) is 12.6. The zero-order valence-electron chi connectivity index (χ0n) is 10.1. The molecule has 1 aliphatic carbocycles. The molecule has 0 aromatic rings. The van der Waals surface area contributed by atoms with Crippen molar-refractivity contribution in [1.82, 2.24) is 0 Å². The third-order valence-electron chi connectivity index (χ3n) is 2.85.